The van der Waals surface area contributed by atoms with Gasteiger partial charge in [-0.3, -0.25) is 0 Å². The molecule has 0 aromatic heterocycles. The zero-order valence-electron chi connectivity index (χ0n) is 12.0. The Bertz CT molecular complexity index is 407. The molecule has 2 nitrogen and oxygen atoms in total. The van der Waals surface area contributed by atoms with Gasteiger partial charge in [0.15, 0.2) is 0 Å². The van der Waals surface area contributed by atoms with Crippen LogP contribution in [0.25, 0.3) is 0 Å². The van der Waals surface area contributed by atoms with Crippen molar-refractivity contribution < 1.29 is 24.1 Å². The van der Waals surface area contributed by atoms with E-state index in [1.54, 1.807) is 7.11 Å². The number of ether oxygens (including phenoxy) is 1. The van der Waals surface area contributed by atoms with Gasteiger partial charge in [-0.25, -0.2) is 0 Å². The minimum atomic E-state index is -1.42. The second-order valence-corrected chi connectivity index (χ2v) is 11.9. The summed E-state index contributed by atoms with van der Waals surface area (Å²) in [5.74, 6) is 0.445. The van der Waals surface area contributed by atoms with E-state index in [-0.39, 0.29) is 0 Å². The average Bonchev–Trinajstić information content (AvgIpc) is 2.29. The first-order valence-electron chi connectivity index (χ1n) is 6.21. The Balaban J connectivity index is 3.36. The molecule has 1 atom stereocenters. The molecule has 1 heterocycles. The van der Waals surface area contributed by atoms with Crippen LogP contribution >= 0.6 is 0 Å². The molecule has 1 aliphatic rings. The monoisotopic (exact) mass is 433 g/mol. The molecule has 0 radical (unpaired) electrons. The van der Waals surface area contributed by atoms with Crippen molar-refractivity contribution in [1.82, 2.24) is 4.90 Å². The molecular weight excluding hydrogens is 410 g/mol. The van der Waals surface area contributed by atoms with Crippen molar-refractivity contribution in [2.75, 3.05) is 13.7 Å². The van der Waals surface area contributed by atoms with Crippen molar-refractivity contribution in [1.29, 1.82) is 0 Å². The van der Waals surface area contributed by atoms with Gasteiger partial charge in [-0.05, 0) is 0 Å². The second-order valence-electron chi connectivity index (χ2n) is 5.58. The summed E-state index contributed by atoms with van der Waals surface area (Å²) in [6.07, 6.45) is 6.43. The molecule has 0 saturated heterocycles. The van der Waals surface area contributed by atoms with Crippen molar-refractivity contribution in [3.05, 3.63) is 35.8 Å². The Labute approximate surface area is 123 Å². The van der Waals surface area contributed by atoms with Crippen LogP contribution in [0.3, 0.4) is 0 Å². The van der Waals surface area contributed by atoms with Crippen LogP contribution in [0.4, 0.5) is 0 Å². The van der Waals surface area contributed by atoms with E-state index in [1.165, 1.54) is 30.2 Å². The van der Waals surface area contributed by atoms with Crippen molar-refractivity contribution in [3.8, 4) is 0 Å². The van der Waals surface area contributed by atoms with Crippen molar-refractivity contribution in [2.45, 2.75) is 26.6 Å². The second kappa shape index (κ2) is 6.27. The summed E-state index contributed by atoms with van der Waals surface area (Å²) in [6, 6.07) is 0. The van der Waals surface area contributed by atoms with Gasteiger partial charge in [0.2, 0.25) is 0 Å². The molecule has 1 unspecified atom stereocenters. The number of hydrogen-bond donors (Lipinski definition) is 0. The molecule has 1 rings (SSSR count). The molecule has 1 aliphatic heterocycles. The third-order valence-electron chi connectivity index (χ3n) is 2.99. The molecule has 0 bridgehead atoms. The summed E-state index contributed by atoms with van der Waals surface area (Å²) >= 11 is 1.40. The van der Waals surface area contributed by atoms with Gasteiger partial charge in [0.25, 0.3) is 0 Å². The Hall–Kier alpha value is -0.245. The van der Waals surface area contributed by atoms with Gasteiger partial charge < -0.3 is 0 Å². The molecule has 0 spiro atoms. The van der Waals surface area contributed by atoms with Crippen LogP contribution in [0.5, 0.6) is 0 Å². The normalized spacial score (nSPS) is 20.3. The summed E-state index contributed by atoms with van der Waals surface area (Å²) in [5.41, 5.74) is 1.40. The minimum absolute atomic E-state index is 0.445. The maximum atomic E-state index is 5.54. The van der Waals surface area contributed by atoms with Crippen LogP contribution in [-0.4, -0.2) is 30.7 Å². The fourth-order valence-corrected chi connectivity index (χ4v) is 5.84. The first-order valence-corrected chi connectivity index (χ1v) is 11.2. The SMILES string of the molecule is C=CCN1C=CC(C)C([C](=[W])OC)=C1[Si](C)(C)C. The van der Waals surface area contributed by atoms with Gasteiger partial charge >= 0.3 is 123 Å². The van der Waals surface area contributed by atoms with Crippen molar-refractivity contribution in [2.24, 2.45) is 5.92 Å². The molecule has 0 aromatic rings. The van der Waals surface area contributed by atoms with E-state index in [9.17, 15) is 0 Å². The Morgan fingerprint density at radius 2 is 2.17 bits per heavy atom. The number of rotatable bonds is 5. The number of methoxy groups -OCH3 is 1. The molecule has 0 aromatic carbocycles. The topological polar surface area (TPSA) is 12.5 Å². The summed E-state index contributed by atoms with van der Waals surface area (Å²) in [6.45, 7) is 14.2. The Morgan fingerprint density at radius 3 is 2.61 bits per heavy atom. The van der Waals surface area contributed by atoms with E-state index < -0.39 is 8.07 Å². The van der Waals surface area contributed by atoms with Crippen LogP contribution in [0.15, 0.2) is 35.8 Å². The quantitative estimate of drug-likeness (QED) is 0.488. The molecule has 0 fully saturated rings. The first kappa shape index (κ1) is 15.8. The Morgan fingerprint density at radius 1 is 1.56 bits per heavy atom. The molecule has 0 amide bonds. The molecule has 0 aliphatic carbocycles. The van der Waals surface area contributed by atoms with E-state index in [2.05, 4.69) is 50.3 Å². The zero-order valence-corrected chi connectivity index (χ0v) is 15.9. The fourth-order valence-electron chi connectivity index (χ4n) is 2.29. The predicted octanol–water partition coefficient (Wildman–Crippen LogP) is 3.09. The molecular formula is C14H23NOSiW. The Kier molecular flexibility index (Phi) is 5.51. The van der Waals surface area contributed by atoms with Crippen molar-refractivity contribution in [3.63, 3.8) is 0 Å². The van der Waals surface area contributed by atoms with Gasteiger partial charge in [-0.1, -0.05) is 0 Å². The molecule has 18 heavy (non-hydrogen) atoms. The van der Waals surface area contributed by atoms with Crippen LogP contribution in [0, 0.1) is 5.92 Å². The van der Waals surface area contributed by atoms with E-state index in [0.717, 1.165) is 10.6 Å². The third kappa shape index (κ3) is 3.40. The summed E-state index contributed by atoms with van der Waals surface area (Å²) < 4.78 is 6.67. The van der Waals surface area contributed by atoms with Crippen LogP contribution < -0.4 is 0 Å². The molecule has 0 saturated carbocycles. The zero-order chi connectivity index (χ0) is 13.9. The van der Waals surface area contributed by atoms with E-state index in [4.69, 9.17) is 4.74 Å². The van der Waals surface area contributed by atoms with E-state index in [1.807, 2.05) is 6.08 Å². The molecule has 100 valence electrons. The summed E-state index contributed by atoms with van der Waals surface area (Å²) in [7, 11) is 0.356. The van der Waals surface area contributed by atoms with Gasteiger partial charge in [0.1, 0.15) is 0 Å². The van der Waals surface area contributed by atoms with Gasteiger partial charge in [0.05, 0.1) is 0 Å². The van der Waals surface area contributed by atoms with Crippen LogP contribution in [0.1, 0.15) is 6.92 Å². The average molecular weight is 433 g/mol. The van der Waals surface area contributed by atoms with Crippen LogP contribution in [0.2, 0.25) is 19.6 Å². The molecule has 0 N–H and O–H groups in total. The van der Waals surface area contributed by atoms with E-state index in [0.29, 0.717) is 5.92 Å². The van der Waals surface area contributed by atoms with E-state index >= 15 is 0 Å². The predicted molar refractivity (Wildman–Crippen MR) is 77.6 cm³/mol. The number of hydrogen-bond acceptors (Lipinski definition) is 2. The van der Waals surface area contributed by atoms with Crippen molar-refractivity contribution >= 4 is 12.2 Å². The maximum absolute atomic E-state index is 5.54. The first-order chi connectivity index (χ1) is 8.32. The fraction of sp³-hybridized carbons (Fsp3) is 0.500. The van der Waals surface area contributed by atoms with Gasteiger partial charge in [-0.15, -0.1) is 0 Å². The summed E-state index contributed by atoms with van der Waals surface area (Å²) in [5, 5.41) is 1.49. The number of nitrogens with zero attached hydrogens (tertiary/aromatic N) is 1. The van der Waals surface area contributed by atoms with Crippen LogP contribution in [-0.2, 0) is 24.1 Å². The summed E-state index contributed by atoms with van der Waals surface area (Å²) in [4.78, 5) is 2.34. The number of allylic oxidation sites excluding steroid dienone is 1. The standard InChI is InChI=1S/C14H23NOSi.W/c1-7-9-15-10-8-12(2)13(11-16-3)14(15)17(4,5)6;/h7-8,10,12H,1,9H2,2-6H3;. The van der Waals surface area contributed by atoms with Gasteiger partial charge in [-0.2, -0.15) is 0 Å². The third-order valence-corrected chi connectivity index (χ3v) is 6.36. The van der Waals surface area contributed by atoms with Gasteiger partial charge in [0, 0.05) is 0 Å². The molecule has 4 heteroatoms.